The van der Waals surface area contributed by atoms with Crippen molar-refractivity contribution < 1.29 is 24.2 Å². The molecule has 1 aliphatic carbocycles. The third-order valence-electron chi connectivity index (χ3n) is 1.88. The molecule has 1 unspecified atom stereocenters. The summed E-state index contributed by atoms with van der Waals surface area (Å²) in [6, 6.07) is 0. The molecule has 0 aromatic heterocycles. The number of hydrogen-bond acceptors (Lipinski definition) is 1. The van der Waals surface area contributed by atoms with Crippen LogP contribution in [0.4, 0.5) is 19.4 Å². The molecule has 0 aromatic rings. The van der Waals surface area contributed by atoms with Gasteiger partial charge in [-0.1, -0.05) is 43.2 Å². The number of carbonyl (C=O) groups is 1. The van der Waals surface area contributed by atoms with E-state index in [9.17, 15) is 24.2 Å². The van der Waals surface area contributed by atoms with Gasteiger partial charge in [-0.25, -0.2) is 0 Å². The van der Waals surface area contributed by atoms with Crippen LogP contribution < -0.4 is 0 Å². The maximum Gasteiger partial charge on any atom is 0.309 e. The first-order chi connectivity index (χ1) is 5.87. The van der Waals surface area contributed by atoms with Gasteiger partial charge in [-0.15, -0.1) is 0 Å². The van der Waals surface area contributed by atoms with Gasteiger partial charge in [-0.05, 0) is 0 Å². The molecule has 84 valence electrons. The molecular formula is C6H6ClF5OS. The van der Waals surface area contributed by atoms with Crippen molar-refractivity contribution in [2.75, 3.05) is 0 Å². The molecule has 0 spiro atoms. The van der Waals surface area contributed by atoms with E-state index >= 15 is 0 Å². The molecule has 1 aliphatic rings. The van der Waals surface area contributed by atoms with Crippen molar-refractivity contribution in [1.82, 2.24) is 0 Å². The van der Waals surface area contributed by atoms with Crippen LogP contribution in [0.3, 0.4) is 0 Å². The number of halogens is 6. The Bertz CT molecular complexity index is 319. The van der Waals surface area contributed by atoms with E-state index in [-0.39, 0.29) is 0 Å². The molecule has 0 radical (unpaired) electrons. The quantitative estimate of drug-likeness (QED) is 0.391. The lowest BCUT2D eigenvalue weighted by Gasteiger charge is -2.51. The molecule has 0 aliphatic heterocycles. The molecule has 0 bridgehead atoms. The summed E-state index contributed by atoms with van der Waals surface area (Å²) in [5, 5.41) is 0. The third-order valence-corrected chi connectivity index (χ3v) is 4.74. The van der Waals surface area contributed by atoms with Crippen LogP contribution in [-0.2, 0) is 4.79 Å². The highest BCUT2D eigenvalue weighted by molar-refractivity contribution is 8.48. The van der Waals surface area contributed by atoms with Crippen molar-refractivity contribution in [3.8, 4) is 0 Å². The van der Waals surface area contributed by atoms with E-state index in [1.54, 1.807) is 0 Å². The Labute approximate surface area is 81.6 Å². The highest BCUT2D eigenvalue weighted by atomic mass is 35.5. The lowest BCUT2D eigenvalue weighted by Crippen LogP contribution is -2.44. The van der Waals surface area contributed by atoms with Crippen LogP contribution >= 0.6 is 21.8 Å². The summed E-state index contributed by atoms with van der Waals surface area (Å²) in [7, 11) is -9.99. The second-order valence-corrected chi connectivity index (χ2v) is 6.50. The highest BCUT2D eigenvalue weighted by Crippen LogP contribution is 3.05. The van der Waals surface area contributed by atoms with Gasteiger partial charge in [-0.3, -0.25) is 4.79 Å². The van der Waals surface area contributed by atoms with Crippen molar-refractivity contribution >= 4 is 27.6 Å². The standard InChI is InChI=1S/C6H6ClF5OS/c7-6(14(8,9,10,11)12)4-2-1-3-5(6)13/h1-2H,3-4H2. The van der Waals surface area contributed by atoms with Crippen molar-refractivity contribution in [3.05, 3.63) is 12.2 Å². The average molecular weight is 257 g/mol. The molecule has 0 aromatic carbocycles. The Balaban J connectivity index is 3.34. The van der Waals surface area contributed by atoms with Gasteiger partial charge in [0, 0.05) is 12.8 Å². The summed E-state index contributed by atoms with van der Waals surface area (Å²) in [4.78, 5) is 10.8. The summed E-state index contributed by atoms with van der Waals surface area (Å²) in [5.41, 5.74) is 0. The number of hydrogen-bond donors (Lipinski definition) is 0. The summed E-state index contributed by atoms with van der Waals surface area (Å²) >= 11 is 4.76. The van der Waals surface area contributed by atoms with Gasteiger partial charge >= 0.3 is 10.2 Å². The molecule has 0 N–H and O–H groups in total. The molecule has 0 amide bonds. The minimum Gasteiger partial charge on any atom is -0.296 e. The highest BCUT2D eigenvalue weighted by Gasteiger charge is 2.81. The minimum absolute atomic E-state index is 0.713. The SMILES string of the molecule is O=C1CC=CCC1(Cl)S(F)(F)(F)(F)F. The van der Waals surface area contributed by atoms with Gasteiger partial charge in [0.15, 0.2) is 5.78 Å². The molecular weight excluding hydrogens is 251 g/mol. The predicted molar refractivity (Wildman–Crippen MR) is 45.1 cm³/mol. The van der Waals surface area contributed by atoms with E-state index in [0.29, 0.717) is 0 Å². The van der Waals surface area contributed by atoms with E-state index in [0.717, 1.165) is 12.2 Å². The Hall–Kier alpha value is -0.300. The van der Waals surface area contributed by atoms with Crippen LogP contribution in [0.5, 0.6) is 0 Å². The molecule has 1 atom stereocenters. The van der Waals surface area contributed by atoms with Gasteiger partial charge in [0.05, 0.1) is 0 Å². The van der Waals surface area contributed by atoms with E-state index in [2.05, 4.69) is 0 Å². The maximum atomic E-state index is 12.3. The van der Waals surface area contributed by atoms with Gasteiger partial charge in [0.2, 0.25) is 4.21 Å². The summed E-state index contributed by atoms with van der Waals surface area (Å²) in [5.74, 6) is -1.69. The van der Waals surface area contributed by atoms with Gasteiger partial charge in [0.1, 0.15) is 0 Å². The zero-order valence-electron chi connectivity index (χ0n) is 6.65. The normalized spacial score (nSPS) is 33.7. The fraction of sp³-hybridized carbons (Fsp3) is 0.500. The fourth-order valence-corrected chi connectivity index (χ4v) is 2.16. The smallest absolute Gasteiger partial charge is 0.296 e. The number of Topliss-reactive ketones (excluding diaryl/α,β-unsaturated/α-hetero) is 1. The van der Waals surface area contributed by atoms with E-state index in [4.69, 9.17) is 11.6 Å². The molecule has 0 saturated heterocycles. The molecule has 1 rings (SSSR count). The van der Waals surface area contributed by atoms with Crippen LogP contribution in [0.2, 0.25) is 0 Å². The molecule has 0 fully saturated rings. The van der Waals surface area contributed by atoms with Crippen molar-refractivity contribution in [1.29, 1.82) is 0 Å². The third kappa shape index (κ3) is 1.63. The van der Waals surface area contributed by atoms with Crippen LogP contribution in [-0.4, -0.2) is 9.99 Å². The lowest BCUT2D eigenvalue weighted by molar-refractivity contribution is -0.119. The first kappa shape index (κ1) is 11.8. The first-order valence-corrected chi connectivity index (χ1v) is 5.80. The number of allylic oxidation sites excluding steroid dienone is 2. The van der Waals surface area contributed by atoms with Crippen molar-refractivity contribution in [2.24, 2.45) is 0 Å². The van der Waals surface area contributed by atoms with Crippen molar-refractivity contribution in [2.45, 2.75) is 17.0 Å². The zero-order valence-corrected chi connectivity index (χ0v) is 8.23. The first-order valence-electron chi connectivity index (χ1n) is 3.48. The molecule has 1 nitrogen and oxygen atoms in total. The summed E-state index contributed by atoms with van der Waals surface area (Å²) in [6.45, 7) is 0. The fourth-order valence-electron chi connectivity index (χ4n) is 1.06. The Morgan fingerprint density at radius 3 is 2.00 bits per heavy atom. The topological polar surface area (TPSA) is 17.1 Å². The maximum absolute atomic E-state index is 12.3. The number of alkyl halides is 1. The Morgan fingerprint density at radius 2 is 1.71 bits per heavy atom. The van der Waals surface area contributed by atoms with Gasteiger partial charge in [-0.2, -0.15) is 0 Å². The second kappa shape index (κ2) is 2.27. The molecule has 8 heteroatoms. The monoisotopic (exact) mass is 256 g/mol. The van der Waals surface area contributed by atoms with Crippen LogP contribution in [0.25, 0.3) is 0 Å². The zero-order chi connectivity index (χ0) is 11.3. The van der Waals surface area contributed by atoms with Gasteiger partial charge < -0.3 is 0 Å². The summed E-state index contributed by atoms with van der Waals surface area (Å²) in [6.07, 6.45) is 0.0132. The largest absolute Gasteiger partial charge is 0.309 e. The second-order valence-electron chi connectivity index (χ2n) is 3.00. The van der Waals surface area contributed by atoms with Crippen LogP contribution in [0, 0.1) is 0 Å². The van der Waals surface area contributed by atoms with Crippen LogP contribution in [0.1, 0.15) is 12.8 Å². The predicted octanol–water partition coefficient (Wildman–Crippen LogP) is 4.14. The number of ketones is 1. The number of carbonyl (C=O) groups excluding carboxylic acids is 1. The van der Waals surface area contributed by atoms with Crippen molar-refractivity contribution in [3.63, 3.8) is 0 Å². The molecule has 0 saturated carbocycles. The Kier molecular flexibility index (Phi) is 1.91. The van der Waals surface area contributed by atoms with Gasteiger partial charge in [0.25, 0.3) is 0 Å². The lowest BCUT2D eigenvalue weighted by atomic mass is 10.1. The average Bonchev–Trinajstić information content (AvgIpc) is 1.89. The molecule has 14 heavy (non-hydrogen) atoms. The van der Waals surface area contributed by atoms with Crippen LogP contribution in [0.15, 0.2) is 12.2 Å². The van der Waals surface area contributed by atoms with E-state index < -0.39 is 33.1 Å². The minimum atomic E-state index is -9.99. The molecule has 0 heterocycles. The van der Waals surface area contributed by atoms with E-state index in [1.807, 2.05) is 0 Å². The van der Waals surface area contributed by atoms with E-state index in [1.165, 1.54) is 0 Å². The number of rotatable bonds is 1. The summed E-state index contributed by atoms with van der Waals surface area (Å²) < 4.78 is 57.7. The Morgan fingerprint density at radius 1 is 1.21 bits per heavy atom.